The summed E-state index contributed by atoms with van der Waals surface area (Å²) in [5.41, 5.74) is 1.87. The quantitative estimate of drug-likeness (QED) is 0.238. The molecule has 9 heteroatoms. The van der Waals surface area contributed by atoms with Crippen molar-refractivity contribution in [2.24, 2.45) is 5.41 Å². The number of carbonyl (C=O) groups excluding carboxylic acids is 1. The Morgan fingerprint density at radius 1 is 1.11 bits per heavy atom. The van der Waals surface area contributed by atoms with Crippen LogP contribution in [0.4, 0.5) is 13.6 Å². The number of benzene rings is 2. The van der Waals surface area contributed by atoms with Crippen LogP contribution in [0.2, 0.25) is 0 Å². The van der Waals surface area contributed by atoms with Crippen LogP contribution in [-0.4, -0.2) is 45.5 Å². The van der Waals surface area contributed by atoms with Crippen LogP contribution in [0.25, 0.3) is 11.1 Å². The molecular formula is C28H32ClF2N3O3. The van der Waals surface area contributed by atoms with E-state index in [0.29, 0.717) is 18.5 Å². The molecular weight excluding hydrogens is 500 g/mol. The van der Waals surface area contributed by atoms with E-state index in [1.54, 1.807) is 17.2 Å². The van der Waals surface area contributed by atoms with Gasteiger partial charge in [0.25, 0.3) is 0 Å². The summed E-state index contributed by atoms with van der Waals surface area (Å²) in [6.07, 6.45) is 1.02. The molecule has 37 heavy (non-hydrogen) atoms. The molecule has 0 unspecified atom stereocenters. The zero-order valence-electron chi connectivity index (χ0n) is 21.2. The van der Waals surface area contributed by atoms with Crippen LogP contribution in [0.15, 0.2) is 60.8 Å². The molecule has 2 aromatic carbocycles. The van der Waals surface area contributed by atoms with Crippen LogP contribution < -0.4 is 5.32 Å². The molecule has 0 saturated heterocycles. The Hall–Kier alpha value is -3.39. The maximum Gasteiger partial charge on any atom is 0.404 e. The number of carbonyl (C=O) groups is 2. The average Bonchev–Trinajstić information content (AvgIpc) is 3.24. The van der Waals surface area contributed by atoms with Crippen molar-refractivity contribution in [2.75, 3.05) is 19.0 Å². The van der Waals surface area contributed by atoms with Crippen molar-refractivity contribution in [3.05, 3.63) is 83.7 Å². The molecule has 198 valence electrons. The molecule has 6 nitrogen and oxygen atoms in total. The highest BCUT2D eigenvalue weighted by atomic mass is 35.5. The number of alkyl halides is 1. The number of hydrogen-bond donors (Lipinski definition) is 2. The molecule has 1 aromatic heterocycles. The van der Waals surface area contributed by atoms with Gasteiger partial charge in [0.1, 0.15) is 17.5 Å². The fourth-order valence-electron chi connectivity index (χ4n) is 4.53. The molecule has 0 bridgehead atoms. The summed E-state index contributed by atoms with van der Waals surface area (Å²) in [6, 6.07) is 14.3. The van der Waals surface area contributed by atoms with Crippen molar-refractivity contribution in [3.63, 3.8) is 0 Å². The third-order valence-electron chi connectivity index (χ3n) is 6.06. The second kappa shape index (κ2) is 12.2. The largest absolute Gasteiger partial charge is 0.465 e. The first kappa shape index (κ1) is 28.2. The van der Waals surface area contributed by atoms with E-state index in [9.17, 15) is 18.4 Å². The van der Waals surface area contributed by atoms with Gasteiger partial charge in [0.2, 0.25) is 5.91 Å². The molecule has 0 fully saturated rings. The van der Waals surface area contributed by atoms with Gasteiger partial charge >= 0.3 is 6.09 Å². The van der Waals surface area contributed by atoms with Gasteiger partial charge in [0, 0.05) is 42.7 Å². The van der Waals surface area contributed by atoms with Gasteiger partial charge in [-0.25, -0.2) is 13.6 Å². The molecule has 2 amide bonds. The predicted molar refractivity (Wildman–Crippen MR) is 141 cm³/mol. The highest BCUT2D eigenvalue weighted by Crippen LogP contribution is 2.41. The molecule has 0 spiro atoms. The van der Waals surface area contributed by atoms with Gasteiger partial charge in [-0.1, -0.05) is 51.1 Å². The number of nitrogens with zero attached hydrogens (tertiary/aromatic N) is 2. The fourth-order valence-corrected chi connectivity index (χ4v) is 4.68. The van der Waals surface area contributed by atoms with Crippen molar-refractivity contribution in [2.45, 2.75) is 39.8 Å². The van der Waals surface area contributed by atoms with Crippen LogP contribution in [0.1, 0.15) is 44.5 Å². The summed E-state index contributed by atoms with van der Waals surface area (Å²) >= 11 is 6.00. The molecule has 0 radical (unpaired) electrons. The Morgan fingerprint density at radius 3 is 2.43 bits per heavy atom. The Morgan fingerprint density at radius 2 is 1.81 bits per heavy atom. The van der Waals surface area contributed by atoms with Crippen molar-refractivity contribution in [1.82, 2.24) is 14.8 Å². The van der Waals surface area contributed by atoms with E-state index >= 15 is 0 Å². The fraction of sp³-hybridized carbons (Fsp3) is 0.357. The Bertz CT molecular complexity index is 1230. The lowest BCUT2D eigenvalue weighted by Crippen LogP contribution is -2.44. The van der Waals surface area contributed by atoms with E-state index in [1.807, 2.05) is 55.7 Å². The number of aromatic nitrogens is 1. The Labute approximate surface area is 220 Å². The minimum Gasteiger partial charge on any atom is -0.465 e. The molecule has 3 aromatic rings. The third kappa shape index (κ3) is 7.32. The van der Waals surface area contributed by atoms with Crippen molar-refractivity contribution < 1.29 is 23.5 Å². The molecule has 2 N–H and O–H groups in total. The summed E-state index contributed by atoms with van der Waals surface area (Å²) in [6.45, 7) is 6.85. The van der Waals surface area contributed by atoms with Crippen molar-refractivity contribution in [3.8, 4) is 11.1 Å². The Balaban J connectivity index is 2.13. The summed E-state index contributed by atoms with van der Waals surface area (Å²) < 4.78 is 30.8. The number of nitrogens with one attached hydrogen (secondary N) is 1. The molecule has 0 aliphatic carbocycles. The molecule has 0 saturated carbocycles. The van der Waals surface area contributed by atoms with Gasteiger partial charge in [-0.2, -0.15) is 0 Å². The molecule has 0 aliphatic heterocycles. The van der Waals surface area contributed by atoms with E-state index < -0.39 is 29.2 Å². The standard InChI is InChI=1S/C28H32ClF2N3O3/c1-28(2,3)26(34(25(35)16-29)13-7-12-32-27(36)37)24-14-20(22-15-21(30)10-11-23(22)31)18-33(24)17-19-8-5-4-6-9-19/h4-6,8-11,14-15,18,26,32H,7,12-13,16-17H2,1-3H3,(H,36,37)/t26-/m0/s1. The number of carboxylic acid groups (broad SMARTS) is 1. The summed E-state index contributed by atoms with van der Waals surface area (Å²) in [4.78, 5) is 25.6. The average molecular weight is 532 g/mol. The normalized spacial score (nSPS) is 12.3. The smallest absolute Gasteiger partial charge is 0.404 e. The molecule has 1 heterocycles. The number of amides is 2. The Kier molecular flexibility index (Phi) is 9.32. The van der Waals surface area contributed by atoms with E-state index in [2.05, 4.69) is 5.32 Å². The SMILES string of the molecule is CC(C)(C)[C@H](c1cc(-c2cc(F)ccc2F)cn1Cc1ccccc1)N(CCCNC(=O)O)C(=O)CCl. The van der Waals surface area contributed by atoms with Crippen LogP contribution in [0.5, 0.6) is 0 Å². The number of rotatable bonds is 10. The van der Waals surface area contributed by atoms with Crippen molar-refractivity contribution >= 4 is 23.6 Å². The summed E-state index contributed by atoms with van der Waals surface area (Å²) in [5, 5.41) is 11.2. The van der Waals surface area contributed by atoms with Crippen LogP contribution in [0, 0.1) is 17.0 Å². The summed E-state index contributed by atoms with van der Waals surface area (Å²) in [5.74, 6) is -1.65. The minimum atomic E-state index is -1.14. The van der Waals surface area contributed by atoms with Crippen LogP contribution >= 0.6 is 11.6 Å². The van der Waals surface area contributed by atoms with Gasteiger partial charge < -0.3 is 19.9 Å². The van der Waals surface area contributed by atoms with Gasteiger partial charge in [-0.3, -0.25) is 4.79 Å². The van der Waals surface area contributed by atoms with E-state index in [-0.39, 0.29) is 30.4 Å². The predicted octanol–water partition coefficient (Wildman–Crippen LogP) is 6.29. The first-order chi connectivity index (χ1) is 17.5. The second-order valence-electron chi connectivity index (χ2n) is 9.97. The van der Waals surface area contributed by atoms with Crippen molar-refractivity contribution in [1.29, 1.82) is 0 Å². The summed E-state index contributed by atoms with van der Waals surface area (Å²) in [7, 11) is 0. The zero-order valence-corrected chi connectivity index (χ0v) is 21.9. The van der Waals surface area contributed by atoms with E-state index in [0.717, 1.165) is 29.5 Å². The third-order valence-corrected chi connectivity index (χ3v) is 6.29. The highest BCUT2D eigenvalue weighted by molar-refractivity contribution is 6.27. The molecule has 3 rings (SSSR count). The second-order valence-corrected chi connectivity index (χ2v) is 10.2. The molecule has 1 atom stereocenters. The van der Waals surface area contributed by atoms with Gasteiger partial charge in [0.05, 0.1) is 6.04 Å². The van der Waals surface area contributed by atoms with Gasteiger partial charge in [-0.15, -0.1) is 11.6 Å². The number of hydrogen-bond acceptors (Lipinski definition) is 2. The van der Waals surface area contributed by atoms with Gasteiger partial charge in [0.15, 0.2) is 0 Å². The topological polar surface area (TPSA) is 74.6 Å². The van der Waals surface area contributed by atoms with Gasteiger partial charge in [-0.05, 0) is 41.7 Å². The first-order valence-corrected chi connectivity index (χ1v) is 12.6. The highest BCUT2D eigenvalue weighted by Gasteiger charge is 2.36. The van der Waals surface area contributed by atoms with E-state index in [1.165, 1.54) is 0 Å². The lowest BCUT2D eigenvalue weighted by Gasteiger charge is -2.41. The van der Waals surface area contributed by atoms with E-state index in [4.69, 9.17) is 16.7 Å². The first-order valence-electron chi connectivity index (χ1n) is 12.0. The van der Waals surface area contributed by atoms with Crippen LogP contribution in [-0.2, 0) is 11.3 Å². The lowest BCUT2D eigenvalue weighted by atomic mass is 9.83. The molecule has 0 aliphatic rings. The monoisotopic (exact) mass is 531 g/mol. The zero-order chi connectivity index (χ0) is 27.2. The maximum absolute atomic E-state index is 14.8. The van der Waals surface area contributed by atoms with Crippen LogP contribution in [0.3, 0.4) is 0 Å². The minimum absolute atomic E-state index is 0.126. The lowest BCUT2D eigenvalue weighted by molar-refractivity contribution is -0.133. The number of halogens is 3. The maximum atomic E-state index is 14.8.